The number of oxazole rings is 1. The van der Waals surface area contributed by atoms with Crippen LogP contribution in [-0.4, -0.2) is 46.9 Å². The van der Waals surface area contributed by atoms with Gasteiger partial charge in [0.05, 0.1) is 29.4 Å². The van der Waals surface area contributed by atoms with E-state index in [1.807, 2.05) is 0 Å². The molecular formula is C23H17F2N7O2. The molecule has 1 aliphatic rings. The van der Waals surface area contributed by atoms with Crippen LogP contribution in [-0.2, 0) is 6.42 Å². The molecule has 0 radical (unpaired) electrons. The maximum Gasteiger partial charge on any atom is 0.292 e. The Morgan fingerprint density at radius 3 is 2.91 bits per heavy atom. The highest BCUT2D eigenvalue weighted by molar-refractivity contribution is 5.92. The molecule has 0 spiro atoms. The van der Waals surface area contributed by atoms with Gasteiger partial charge >= 0.3 is 0 Å². The molecule has 6 rings (SSSR count). The van der Waals surface area contributed by atoms with Crippen molar-refractivity contribution in [3.63, 3.8) is 0 Å². The fraction of sp³-hybridized carbons (Fsp3) is 0.174. The van der Waals surface area contributed by atoms with Gasteiger partial charge in [-0.2, -0.15) is 5.10 Å². The van der Waals surface area contributed by atoms with E-state index < -0.39 is 18.4 Å². The van der Waals surface area contributed by atoms with Crippen molar-refractivity contribution in [1.82, 2.24) is 34.4 Å². The summed E-state index contributed by atoms with van der Waals surface area (Å²) in [4.78, 5) is 31.0. The number of imidazole rings is 1. The largest absolute Gasteiger partial charge is 0.429 e. The summed E-state index contributed by atoms with van der Waals surface area (Å²) in [6.07, 6.45) is 4.02. The van der Waals surface area contributed by atoms with E-state index in [0.717, 1.165) is 5.69 Å². The summed E-state index contributed by atoms with van der Waals surface area (Å²) in [7, 11) is 0. The Morgan fingerprint density at radius 2 is 2.09 bits per heavy atom. The van der Waals surface area contributed by atoms with Crippen LogP contribution in [0.15, 0.2) is 65.7 Å². The molecule has 6 heterocycles. The van der Waals surface area contributed by atoms with E-state index >= 15 is 0 Å². The molecule has 11 heteroatoms. The molecule has 1 atom stereocenters. The molecule has 0 bridgehead atoms. The zero-order valence-corrected chi connectivity index (χ0v) is 17.6. The van der Waals surface area contributed by atoms with Crippen molar-refractivity contribution in [2.24, 2.45) is 0 Å². The number of carbonyl (C=O) groups excluding carboxylic acids is 1. The molecule has 1 N–H and O–H groups in total. The molecule has 34 heavy (non-hydrogen) atoms. The van der Waals surface area contributed by atoms with Crippen LogP contribution in [0.3, 0.4) is 0 Å². The summed E-state index contributed by atoms with van der Waals surface area (Å²) in [5.41, 5.74) is 2.57. The van der Waals surface area contributed by atoms with Crippen LogP contribution >= 0.6 is 0 Å². The summed E-state index contributed by atoms with van der Waals surface area (Å²) in [6, 6.07) is 9.08. The van der Waals surface area contributed by atoms with Gasteiger partial charge in [0.15, 0.2) is 0 Å². The SMILES string of the molecule is O=C(c1cnc(-c2ccccn2)o1)N1CCc2[nH]cnc2[C@H]1c1cc2c(C(F)F)cccn2n1. The third kappa shape index (κ3) is 3.24. The monoisotopic (exact) mass is 461 g/mol. The predicted octanol–water partition coefficient (Wildman–Crippen LogP) is 3.83. The number of aromatic amines is 1. The van der Waals surface area contributed by atoms with E-state index in [2.05, 4.69) is 25.0 Å². The molecule has 0 unspecified atom stereocenters. The fourth-order valence-electron chi connectivity index (χ4n) is 4.29. The van der Waals surface area contributed by atoms with Crippen LogP contribution < -0.4 is 0 Å². The lowest BCUT2D eigenvalue weighted by Gasteiger charge is -2.33. The van der Waals surface area contributed by atoms with Gasteiger partial charge in [0, 0.05) is 36.6 Å². The van der Waals surface area contributed by atoms with Crippen molar-refractivity contribution >= 4 is 11.4 Å². The lowest BCUT2D eigenvalue weighted by atomic mass is 9.99. The number of nitrogens with one attached hydrogen (secondary N) is 1. The van der Waals surface area contributed by atoms with Crippen molar-refractivity contribution < 1.29 is 18.0 Å². The summed E-state index contributed by atoms with van der Waals surface area (Å²) < 4.78 is 34.2. The van der Waals surface area contributed by atoms with E-state index in [1.165, 1.54) is 22.8 Å². The van der Waals surface area contributed by atoms with Gasteiger partial charge in [0.25, 0.3) is 12.3 Å². The molecule has 0 aliphatic carbocycles. The Labute approximate surface area is 191 Å². The number of hydrogen-bond acceptors (Lipinski definition) is 6. The predicted molar refractivity (Wildman–Crippen MR) is 115 cm³/mol. The number of hydrogen-bond donors (Lipinski definition) is 1. The fourth-order valence-corrected chi connectivity index (χ4v) is 4.29. The lowest BCUT2D eigenvalue weighted by molar-refractivity contribution is 0.0655. The first kappa shape index (κ1) is 20.2. The summed E-state index contributed by atoms with van der Waals surface area (Å²) >= 11 is 0. The quantitative estimate of drug-likeness (QED) is 0.436. The number of amides is 1. The number of carbonyl (C=O) groups is 1. The molecule has 5 aromatic heterocycles. The smallest absolute Gasteiger partial charge is 0.292 e. The maximum absolute atomic E-state index is 13.6. The molecule has 0 saturated carbocycles. The second kappa shape index (κ2) is 7.87. The Kier molecular flexibility index (Phi) is 4.68. The van der Waals surface area contributed by atoms with Crippen molar-refractivity contribution in [3.8, 4) is 11.6 Å². The molecule has 0 aromatic carbocycles. The Bertz CT molecular complexity index is 1490. The van der Waals surface area contributed by atoms with Crippen molar-refractivity contribution in [3.05, 3.63) is 89.7 Å². The number of pyridine rings is 2. The highest BCUT2D eigenvalue weighted by atomic mass is 19.3. The van der Waals surface area contributed by atoms with E-state index in [-0.39, 0.29) is 22.7 Å². The molecule has 5 aromatic rings. The topological polar surface area (TPSA) is 105 Å². The van der Waals surface area contributed by atoms with Crippen LogP contribution in [0, 0.1) is 0 Å². The van der Waals surface area contributed by atoms with Crippen LogP contribution in [0.5, 0.6) is 0 Å². The molecule has 170 valence electrons. The number of rotatable bonds is 4. The Balaban J connectivity index is 1.42. The third-order valence-corrected chi connectivity index (χ3v) is 5.86. The lowest BCUT2D eigenvalue weighted by Crippen LogP contribution is -2.40. The van der Waals surface area contributed by atoms with Crippen molar-refractivity contribution in [1.29, 1.82) is 0 Å². The van der Waals surface area contributed by atoms with Crippen LogP contribution in [0.1, 0.15) is 45.7 Å². The number of nitrogens with zero attached hydrogens (tertiary/aromatic N) is 6. The van der Waals surface area contributed by atoms with E-state index in [1.54, 1.807) is 47.9 Å². The average molecular weight is 461 g/mol. The second-order valence-electron chi connectivity index (χ2n) is 7.83. The van der Waals surface area contributed by atoms with E-state index in [4.69, 9.17) is 4.42 Å². The van der Waals surface area contributed by atoms with Crippen molar-refractivity contribution in [2.45, 2.75) is 18.9 Å². The van der Waals surface area contributed by atoms with Gasteiger partial charge in [0.1, 0.15) is 11.7 Å². The van der Waals surface area contributed by atoms with Gasteiger partial charge in [-0.15, -0.1) is 0 Å². The van der Waals surface area contributed by atoms with E-state index in [9.17, 15) is 13.6 Å². The maximum atomic E-state index is 13.6. The number of H-pyrrole nitrogens is 1. The first-order valence-corrected chi connectivity index (χ1v) is 10.6. The third-order valence-electron chi connectivity index (χ3n) is 5.86. The minimum absolute atomic E-state index is 0.0432. The number of halogens is 2. The van der Waals surface area contributed by atoms with Crippen molar-refractivity contribution in [2.75, 3.05) is 6.54 Å². The number of alkyl halides is 2. The highest BCUT2D eigenvalue weighted by Crippen LogP contribution is 2.35. The van der Waals surface area contributed by atoms with Gasteiger partial charge < -0.3 is 14.3 Å². The molecule has 1 amide bonds. The zero-order valence-electron chi connectivity index (χ0n) is 17.6. The van der Waals surface area contributed by atoms with Gasteiger partial charge in [-0.25, -0.2) is 23.3 Å². The second-order valence-corrected chi connectivity index (χ2v) is 7.83. The molecule has 0 fully saturated rings. The van der Waals surface area contributed by atoms with Crippen LogP contribution in [0.25, 0.3) is 17.1 Å². The van der Waals surface area contributed by atoms with Gasteiger partial charge in [0.2, 0.25) is 11.7 Å². The first-order chi connectivity index (χ1) is 16.6. The minimum Gasteiger partial charge on any atom is -0.429 e. The van der Waals surface area contributed by atoms with Gasteiger partial charge in [-0.05, 0) is 30.3 Å². The number of fused-ring (bicyclic) bond motifs is 2. The highest BCUT2D eigenvalue weighted by Gasteiger charge is 2.37. The van der Waals surface area contributed by atoms with Crippen LogP contribution in [0.2, 0.25) is 0 Å². The summed E-state index contributed by atoms with van der Waals surface area (Å²) in [5.74, 6) is -0.131. The summed E-state index contributed by atoms with van der Waals surface area (Å²) in [5, 5.41) is 4.52. The number of aromatic nitrogens is 6. The van der Waals surface area contributed by atoms with Gasteiger partial charge in [-0.1, -0.05) is 6.07 Å². The summed E-state index contributed by atoms with van der Waals surface area (Å²) in [6.45, 7) is 0.355. The first-order valence-electron chi connectivity index (χ1n) is 10.6. The Hall–Kier alpha value is -4.41. The van der Waals surface area contributed by atoms with E-state index in [0.29, 0.717) is 30.0 Å². The molecule has 1 aliphatic heterocycles. The minimum atomic E-state index is -2.66. The van der Waals surface area contributed by atoms with Gasteiger partial charge in [-0.3, -0.25) is 9.78 Å². The normalized spacial score (nSPS) is 15.7. The Morgan fingerprint density at radius 1 is 1.18 bits per heavy atom. The molecule has 0 saturated heterocycles. The zero-order chi connectivity index (χ0) is 23.2. The standard InChI is InChI=1S/C23H17F2N7O2/c24-21(25)13-4-3-8-32-17(13)10-16(30-32)20-19-14(28-12-29-19)6-9-31(20)23(33)18-11-27-22(34-18)15-5-1-2-7-26-15/h1-5,7-8,10-12,20-21H,6,9H2,(H,28,29)/t20-/m1/s1. The average Bonchev–Trinajstić information content (AvgIpc) is 3.62. The van der Waals surface area contributed by atoms with Crippen LogP contribution in [0.4, 0.5) is 8.78 Å². The molecule has 9 nitrogen and oxygen atoms in total. The molecular weight excluding hydrogens is 444 g/mol.